The molecular weight excluding hydrogens is 293 g/mol. The summed E-state index contributed by atoms with van der Waals surface area (Å²) < 4.78 is 19.1. The highest BCUT2D eigenvalue weighted by Crippen LogP contribution is 2.20. The molecule has 4 nitrogen and oxygen atoms in total. The lowest BCUT2D eigenvalue weighted by Gasteiger charge is -2.08. The number of hydrogen-bond acceptors (Lipinski definition) is 3. The summed E-state index contributed by atoms with van der Waals surface area (Å²) in [5, 5.41) is 8.79. The molecule has 0 aliphatic carbocycles. The molecule has 2 aromatic rings. The Bertz CT molecular complexity index is 686. The summed E-state index contributed by atoms with van der Waals surface area (Å²) in [5.74, 6) is -1.47. The lowest BCUT2D eigenvalue weighted by atomic mass is 10.1. The summed E-state index contributed by atoms with van der Waals surface area (Å²) in [4.78, 5) is 10.8. The number of benzene rings is 2. The van der Waals surface area contributed by atoms with E-state index in [0.717, 1.165) is 5.56 Å². The average molecular weight is 305 g/mol. The fourth-order valence-corrected chi connectivity index (χ4v) is 1.80. The molecule has 0 radical (unpaired) electrons. The molecule has 108 valence electrons. The number of carboxylic acids is 1. The fraction of sp³-hybridized carbons (Fsp3) is 0.0667. The van der Waals surface area contributed by atoms with Crippen molar-refractivity contribution in [2.45, 2.75) is 6.61 Å². The summed E-state index contributed by atoms with van der Waals surface area (Å²) in [7, 11) is 0. The number of hydrogen-bond donors (Lipinski definition) is 2. The number of rotatable bonds is 5. The van der Waals surface area contributed by atoms with Crippen molar-refractivity contribution >= 4 is 23.2 Å². The molecule has 0 saturated heterocycles. The second kappa shape index (κ2) is 6.32. The van der Waals surface area contributed by atoms with E-state index in [-0.39, 0.29) is 22.9 Å². The van der Waals surface area contributed by atoms with Crippen molar-refractivity contribution in [2.24, 2.45) is 5.73 Å². The first-order valence-electron chi connectivity index (χ1n) is 6.02. The van der Waals surface area contributed by atoms with E-state index in [2.05, 4.69) is 0 Å². The van der Waals surface area contributed by atoms with E-state index in [1.807, 2.05) is 0 Å². The zero-order valence-electron chi connectivity index (χ0n) is 10.9. The molecule has 0 bridgehead atoms. The van der Waals surface area contributed by atoms with Crippen molar-refractivity contribution in [2.75, 3.05) is 0 Å². The monoisotopic (exact) mass is 305 g/mol. The first-order chi connectivity index (χ1) is 9.97. The Labute approximate surface area is 126 Å². The number of aromatic carboxylic acids is 1. The highest BCUT2D eigenvalue weighted by Gasteiger charge is 2.07. The number of halogens is 1. The van der Waals surface area contributed by atoms with Gasteiger partial charge in [-0.1, -0.05) is 24.4 Å². The number of nitrogens with two attached hydrogens (primary N) is 1. The SMILES string of the molecule is NC(=S)c1ccc(OCc2ccc(C(=O)O)cc2)c(F)c1. The number of ether oxygens (including phenoxy) is 1. The van der Waals surface area contributed by atoms with Crippen molar-refractivity contribution in [1.29, 1.82) is 0 Å². The zero-order valence-corrected chi connectivity index (χ0v) is 11.7. The largest absolute Gasteiger partial charge is 0.486 e. The number of thiocarbonyl (C=S) groups is 1. The normalized spacial score (nSPS) is 10.1. The van der Waals surface area contributed by atoms with Crippen LogP contribution in [0.5, 0.6) is 5.75 Å². The van der Waals surface area contributed by atoms with Gasteiger partial charge in [0.25, 0.3) is 0 Å². The molecule has 2 rings (SSSR count). The van der Waals surface area contributed by atoms with Crippen LogP contribution in [0.3, 0.4) is 0 Å². The Morgan fingerprint density at radius 1 is 1.19 bits per heavy atom. The van der Waals surface area contributed by atoms with Crippen LogP contribution in [-0.4, -0.2) is 16.1 Å². The van der Waals surface area contributed by atoms with Gasteiger partial charge in [-0.15, -0.1) is 0 Å². The van der Waals surface area contributed by atoms with Crippen molar-refractivity contribution < 1.29 is 19.0 Å². The minimum absolute atomic E-state index is 0.0808. The molecule has 0 spiro atoms. The first kappa shape index (κ1) is 14.9. The number of carboxylic acid groups (broad SMARTS) is 1. The summed E-state index contributed by atoms with van der Waals surface area (Å²) in [5.41, 5.74) is 6.76. The minimum atomic E-state index is -0.998. The third kappa shape index (κ3) is 3.76. The van der Waals surface area contributed by atoms with E-state index in [1.54, 1.807) is 18.2 Å². The topological polar surface area (TPSA) is 72.5 Å². The van der Waals surface area contributed by atoms with Crippen LogP contribution >= 0.6 is 12.2 Å². The van der Waals surface area contributed by atoms with Gasteiger partial charge in [0.15, 0.2) is 11.6 Å². The summed E-state index contributed by atoms with van der Waals surface area (Å²) in [6.45, 7) is 0.128. The van der Waals surface area contributed by atoms with E-state index < -0.39 is 11.8 Å². The van der Waals surface area contributed by atoms with Crippen LogP contribution in [0.25, 0.3) is 0 Å². The van der Waals surface area contributed by atoms with Gasteiger partial charge in [-0.05, 0) is 35.9 Å². The Morgan fingerprint density at radius 2 is 1.81 bits per heavy atom. The van der Waals surface area contributed by atoms with Gasteiger partial charge in [-0.2, -0.15) is 0 Å². The third-order valence-electron chi connectivity index (χ3n) is 2.81. The van der Waals surface area contributed by atoms with Crippen molar-refractivity contribution in [3.8, 4) is 5.75 Å². The Kier molecular flexibility index (Phi) is 4.49. The van der Waals surface area contributed by atoms with Gasteiger partial charge < -0.3 is 15.6 Å². The third-order valence-corrected chi connectivity index (χ3v) is 3.05. The molecule has 0 aliphatic heterocycles. The molecule has 0 saturated carbocycles. The van der Waals surface area contributed by atoms with Gasteiger partial charge in [-0.25, -0.2) is 9.18 Å². The van der Waals surface area contributed by atoms with Crippen molar-refractivity contribution in [3.05, 3.63) is 65.0 Å². The predicted molar refractivity (Wildman–Crippen MR) is 80.0 cm³/mol. The van der Waals surface area contributed by atoms with Gasteiger partial charge in [0.2, 0.25) is 0 Å². The van der Waals surface area contributed by atoms with Crippen LogP contribution in [0.15, 0.2) is 42.5 Å². The molecule has 0 unspecified atom stereocenters. The lowest BCUT2D eigenvalue weighted by molar-refractivity contribution is 0.0697. The highest BCUT2D eigenvalue weighted by molar-refractivity contribution is 7.80. The van der Waals surface area contributed by atoms with E-state index in [0.29, 0.717) is 5.56 Å². The Morgan fingerprint density at radius 3 is 2.33 bits per heavy atom. The van der Waals surface area contributed by atoms with Gasteiger partial charge in [-0.3, -0.25) is 0 Å². The first-order valence-corrected chi connectivity index (χ1v) is 6.42. The Balaban J connectivity index is 2.06. The second-order valence-electron chi connectivity index (χ2n) is 4.30. The van der Waals surface area contributed by atoms with Crippen LogP contribution in [0.1, 0.15) is 21.5 Å². The molecule has 0 fully saturated rings. The second-order valence-corrected chi connectivity index (χ2v) is 4.74. The highest BCUT2D eigenvalue weighted by atomic mass is 32.1. The molecule has 0 aliphatic rings. The molecule has 6 heteroatoms. The van der Waals surface area contributed by atoms with E-state index in [1.165, 1.54) is 24.3 Å². The quantitative estimate of drug-likeness (QED) is 0.831. The van der Waals surface area contributed by atoms with Crippen LogP contribution < -0.4 is 10.5 Å². The van der Waals surface area contributed by atoms with Crippen molar-refractivity contribution in [3.63, 3.8) is 0 Å². The smallest absolute Gasteiger partial charge is 0.335 e. The maximum Gasteiger partial charge on any atom is 0.335 e. The molecule has 2 aromatic carbocycles. The van der Waals surface area contributed by atoms with E-state index in [4.69, 9.17) is 27.8 Å². The maximum atomic E-state index is 13.8. The molecule has 3 N–H and O–H groups in total. The van der Waals surface area contributed by atoms with Crippen LogP contribution in [0.2, 0.25) is 0 Å². The predicted octanol–water partition coefficient (Wildman–Crippen LogP) is 2.74. The molecular formula is C15H12FNO3S. The zero-order chi connectivity index (χ0) is 15.4. The lowest BCUT2D eigenvalue weighted by Crippen LogP contribution is -2.09. The van der Waals surface area contributed by atoms with E-state index >= 15 is 0 Å². The fourth-order valence-electron chi connectivity index (χ4n) is 1.68. The minimum Gasteiger partial charge on any atom is -0.486 e. The molecule has 0 amide bonds. The van der Waals surface area contributed by atoms with Gasteiger partial charge in [0.1, 0.15) is 11.6 Å². The summed E-state index contributed by atoms with van der Waals surface area (Å²) in [6.07, 6.45) is 0. The summed E-state index contributed by atoms with van der Waals surface area (Å²) in [6, 6.07) is 10.4. The maximum absolute atomic E-state index is 13.8. The average Bonchev–Trinajstić information content (AvgIpc) is 2.46. The van der Waals surface area contributed by atoms with Gasteiger partial charge in [0, 0.05) is 5.56 Å². The Hall–Kier alpha value is -2.47. The van der Waals surface area contributed by atoms with Crippen molar-refractivity contribution in [1.82, 2.24) is 0 Å². The van der Waals surface area contributed by atoms with Gasteiger partial charge in [0.05, 0.1) is 5.56 Å². The standard InChI is InChI=1S/C15H12FNO3S/c16-12-7-11(14(17)21)5-6-13(12)20-8-9-1-3-10(4-2-9)15(18)19/h1-7H,8H2,(H2,17,21)(H,18,19). The van der Waals surface area contributed by atoms with E-state index in [9.17, 15) is 9.18 Å². The molecule has 0 atom stereocenters. The van der Waals surface area contributed by atoms with Crippen LogP contribution in [-0.2, 0) is 6.61 Å². The molecule has 0 heterocycles. The number of carbonyl (C=O) groups is 1. The summed E-state index contributed by atoms with van der Waals surface area (Å²) >= 11 is 4.76. The van der Waals surface area contributed by atoms with Crippen LogP contribution in [0.4, 0.5) is 4.39 Å². The van der Waals surface area contributed by atoms with Crippen LogP contribution in [0, 0.1) is 5.82 Å². The van der Waals surface area contributed by atoms with Gasteiger partial charge >= 0.3 is 5.97 Å². The molecule has 0 aromatic heterocycles. The molecule has 21 heavy (non-hydrogen) atoms.